The summed E-state index contributed by atoms with van der Waals surface area (Å²) in [5.41, 5.74) is 2.22. The Morgan fingerprint density at radius 2 is 1.56 bits per heavy atom. The molecule has 134 valence electrons. The number of amides is 1. The topological polar surface area (TPSA) is 86.6 Å². The van der Waals surface area contributed by atoms with Gasteiger partial charge in [-0.1, -0.05) is 29.8 Å². The van der Waals surface area contributed by atoms with Crippen LogP contribution >= 0.6 is 0 Å². The summed E-state index contributed by atoms with van der Waals surface area (Å²) < 4.78 is 45.5. The van der Waals surface area contributed by atoms with Crippen LogP contribution in [-0.4, -0.2) is 28.5 Å². The highest BCUT2D eigenvalue weighted by molar-refractivity contribution is 5.90. The smallest absolute Gasteiger partial charge is 0.475 e. The number of carboxylic acids is 1. The first-order valence-corrected chi connectivity index (χ1v) is 6.68. The Hall–Kier alpha value is -3.10. The van der Waals surface area contributed by atoms with E-state index in [9.17, 15) is 22.4 Å². The zero-order valence-corrected chi connectivity index (χ0v) is 12.8. The van der Waals surface area contributed by atoms with Crippen molar-refractivity contribution < 1.29 is 37.4 Å². The Morgan fingerprint density at radius 3 is 2.04 bits per heavy atom. The molecule has 0 heterocycles. The van der Waals surface area contributed by atoms with Crippen LogP contribution < -0.4 is 5.32 Å². The fraction of sp³-hybridized carbons (Fsp3) is 0.125. The van der Waals surface area contributed by atoms with E-state index in [0.29, 0.717) is 16.8 Å². The van der Waals surface area contributed by atoms with E-state index in [-0.39, 0.29) is 5.82 Å². The summed E-state index contributed by atoms with van der Waals surface area (Å²) in [6.45, 7) is 1.87. The van der Waals surface area contributed by atoms with Crippen LogP contribution in [0.1, 0.15) is 5.56 Å². The zero-order chi connectivity index (χ0) is 19.2. The lowest BCUT2D eigenvalue weighted by Crippen LogP contribution is -2.21. The number of halogens is 4. The molecule has 5 nitrogen and oxygen atoms in total. The lowest BCUT2D eigenvalue weighted by Gasteiger charge is -2.11. The van der Waals surface area contributed by atoms with Crippen molar-refractivity contribution >= 4 is 17.7 Å². The van der Waals surface area contributed by atoms with Crippen molar-refractivity contribution in [2.45, 2.75) is 13.1 Å². The second-order valence-corrected chi connectivity index (χ2v) is 4.76. The second-order valence-electron chi connectivity index (χ2n) is 4.76. The first-order chi connectivity index (χ1) is 11.5. The molecule has 0 unspecified atom stereocenters. The van der Waals surface area contributed by atoms with E-state index in [2.05, 4.69) is 5.32 Å². The predicted molar refractivity (Wildman–Crippen MR) is 81.9 cm³/mol. The molecular weight excluding hydrogens is 346 g/mol. The van der Waals surface area contributed by atoms with Gasteiger partial charge in [0.2, 0.25) is 0 Å². The van der Waals surface area contributed by atoms with Crippen LogP contribution in [0.2, 0.25) is 0 Å². The molecule has 0 aliphatic heterocycles. The number of rotatable bonds is 2. The number of alkyl halides is 3. The highest BCUT2D eigenvalue weighted by Gasteiger charge is 2.38. The predicted octanol–water partition coefficient (Wildman–Crippen LogP) is 4.52. The molecule has 0 aromatic heterocycles. The molecule has 2 aromatic rings. The van der Waals surface area contributed by atoms with Gasteiger partial charge in [0, 0.05) is 11.1 Å². The van der Waals surface area contributed by atoms with Crippen molar-refractivity contribution in [3.8, 4) is 11.1 Å². The van der Waals surface area contributed by atoms with Crippen molar-refractivity contribution in [3.05, 3.63) is 53.8 Å². The van der Waals surface area contributed by atoms with Crippen molar-refractivity contribution in [2.75, 3.05) is 5.32 Å². The number of benzene rings is 2. The summed E-state index contributed by atoms with van der Waals surface area (Å²) in [6, 6.07) is 11.4. The molecular formula is C16H13F4NO4. The number of hydrogen-bond acceptors (Lipinski definition) is 2. The lowest BCUT2D eigenvalue weighted by molar-refractivity contribution is -0.192. The van der Waals surface area contributed by atoms with Crippen molar-refractivity contribution in [1.29, 1.82) is 0 Å². The summed E-state index contributed by atoms with van der Waals surface area (Å²) in [4.78, 5) is 19.6. The van der Waals surface area contributed by atoms with E-state index in [4.69, 9.17) is 15.0 Å². The normalized spacial score (nSPS) is 10.4. The quantitative estimate of drug-likeness (QED) is 0.688. The molecule has 9 heteroatoms. The molecule has 0 saturated heterocycles. The van der Waals surface area contributed by atoms with Gasteiger partial charge in [0.05, 0.1) is 5.69 Å². The number of carbonyl (C=O) groups is 2. The SMILES string of the molecule is Cc1ccc(NC(=O)O)c(-c2ccccc2F)c1.O=C(O)C(F)(F)F. The molecule has 2 aromatic carbocycles. The number of nitrogens with one attached hydrogen (secondary N) is 1. The number of carboxylic acid groups (broad SMARTS) is 2. The standard InChI is InChI=1S/C14H12FNO2.C2HF3O2/c1-9-6-7-13(16-14(17)18)11(8-9)10-4-2-3-5-12(10)15;3-2(4,5)1(6)7/h2-8,16H,1H3,(H,17,18);(H,6,7). The van der Waals surface area contributed by atoms with Crippen LogP contribution in [0.3, 0.4) is 0 Å². The van der Waals surface area contributed by atoms with Crippen molar-refractivity contribution in [1.82, 2.24) is 0 Å². The minimum absolute atomic E-state index is 0.373. The van der Waals surface area contributed by atoms with Gasteiger partial charge in [0.25, 0.3) is 0 Å². The summed E-state index contributed by atoms with van der Waals surface area (Å²) >= 11 is 0. The van der Waals surface area contributed by atoms with Gasteiger partial charge in [-0.15, -0.1) is 0 Å². The maximum atomic E-state index is 13.7. The van der Waals surface area contributed by atoms with Crippen LogP contribution in [0.25, 0.3) is 11.1 Å². The van der Waals surface area contributed by atoms with Crippen LogP contribution in [0.4, 0.5) is 28.0 Å². The molecule has 3 N–H and O–H groups in total. The molecule has 1 amide bonds. The zero-order valence-electron chi connectivity index (χ0n) is 12.8. The fourth-order valence-electron chi connectivity index (χ4n) is 1.78. The maximum Gasteiger partial charge on any atom is 0.490 e. The third kappa shape index (κ3) is 6.13. The third-order valence-corrected chi connectivity index (χ3v) is 2.82. The molecule has 0 radical (unpaired) electrons. The fourth-order valence-corrected chi connectivity index (χ4v) is 1.78. The van der Waals surface area contributed by atoms with Crippen LogP contribution in [-0.2, 0) is 4.79 Å². The minimum Gasteiger partial charge on any atom is -0.475 e. The highest BCUT2D eigenvalue weighted by atomic mass is 19.4. The summed E-state index contributed by atoms with van der Waals surface area (Å²) in [5.74, 6) is -3.14. The monoisotopic (exact) mass is 359 g/mol. The van der Waals surface area contributed by atoms with E-state index in [1.165, 1.54) is 6.07 Å². The summed E-state index contributed by atoms with van der Waals surface area (Å²) in [6.07, 6.45) is -6.25. The Kier molecular flexibility index (Phi) is 6.49. The number of aliphatic carboxylic acids is 1. The molecule has 25 heavy (non-hydrogen) atoms. The van der Waals surface area contributed by atoms with Gasteiger partial charge in [0.1, 0.15) is 5.82 Å². The average molecular weight is 359 g/mol. The molecule has 0 fully saturated rings. The van der Waals surface area contributed by atoms with Crippen molar-refractivity contribution in [2.24, 2.45) is 0 Å². The van der Waals surface area contributed by atoms with E-state index >= 15 is 0 Å². The van der Waals surface area contributed by atoms with Gasteiger partial charge in [-0.2, -0.15) is 13.2 Å². The van der Waals surface area contributed by atoms with Gasteiger partial charge in [-0.3, -0.25) is 5.32 Å². The molecule has 0 atom stereocenters. The lowest BCUT2D eigenvalue weighted by atomic mass is 10.0. The largest absolute Gasteiger partial charge is 0.490 e. The minimum atomic E-state index is -5.08. The number of hydrogen-bond donors (Lipinski definition) is 3. The van der Waals surface area contributed by atoms with Gasteiger partial charge in [-0.05, 0) is 25.1 Å². The average Bonchev–Trinajstić information content (AvgIpc) is 2.49. The second kappa shape index (κ2) is 8.13. The van der Waals surface area contributed by atoms with Gasteiger partial charge >= 0.3 is 18.2 Å². The molecule has 0 spiro atoms. The first kappa shape index (κ1) is 19.9. The van der Waals surface area contributed by atoms with Crippen LogP contribution in [0.15, 0.2) is 42.5 Å². The Balaban J connectivity index is 0.000000381. The molecule has 0 saturated carbocycles. The third-order valence-electron chi connectivity index (χ3n) is 2.82. The first-order valence-electron chi connectivity index (χ1n) is 6.68. The van der Waals surface area contributed by atoms with Gasteiger partial charge in [0.15, 0.2) is 0 Å². The molecule has 0 aliphatic rings. The number of anilines is 1. The Labute approximate surface area is 139 Å². The van der Waals surface area contributed by atoms with E-state index < -0.39 is 18.2 Å². The number of aryl methyl sites for hydroxylation is 1. The van der Waals surface area contributed by atoms with Crippen LogP contribution in [0.5, 0.6) is 0 Å². The van der Waals surface area contributed by atoms with E-state index in [1.54, 1.807) is 36.4 Å². The van der Waals surface area contributed by atoms with E-state index in [0.717, 1.165) is 5.56 Å². The summed E-state index contributed by atoms with van der Waals surface area (Å²) in [5, 5.41) is 18.2. The van der Waals surface area contributed by atoms with Gasteiger partial charge in [-0.25, -0.2) is 14.0 Å². The summed E-state index contributed by atoms with van der Waals surface area (Å²) in [7, 11) is 0. The van der Waals surface area contributed by atoms with Crippen molar-refractivity contribution in [3.63, 3.8) is 0 Å². The maximum absolute atomic E-state index is 13.7. The molecule has 0 aliphatic carbocycles. The van der Waals surface area contributed by atoms with E-state index in [1.807, 2.05) is 6.92 Å². The highest BCUT2D eigenvalue weighted by Crippen LogP contribution is 2.30. The molecule has 2 rings (SSSR count). The molecule has 0 bridgehead atoms. The Morgan fingerprint density at radius 1 is 1.00 bits per heavy atom. The van der Waals surface area contributed by atoms with Crippen LogP contribution in [0, 0.1) is 12.7 Å². The Bertz CT molecular complexity index is 775. The van der Waals surface area contributed by atoms with Gasteiger partial charge < -0.3 is 10.2 Å².